The van der Waals surface area contributed by atoms with E-state index < -0.39 is 15.8 Å². The summed E-state index contributed by atoms with van der Waals surface area (Å²) in [7, 11) is -0.541. The zero-order valence-electron chi connectivity index (χ0n) is 25.7. The molecule has 12 heteroatoms. The van der Waals surface area contributed by atoms with Crippen molar-refractivity contribution in [2.45, 2.75) is 37.8 Å². The summed E-state index contributed by atoms with van der Waals surface area (Å²) in [6, 6.07) is 9.93. The van der Waals surface area contributed by atoms with E-state index in [2.05, 4.69) is 50.2 Å². The third-order valence-electron chi connectivity index (χ3n) is 7.96. The Bertz CT molecular complexity index is 1530. The highest BCUT2D eigenvalue weighted by atomic mass is 32.2. The number of nitrogens with one attached hydrogen (secondary N) is 1. The maximum absolute atomic E-state index is 15.4. The topological polar surface area (TPSA) is 94.1 Å². The zero-order chi connectivity index (χ0) is 30.8. The van der Waals surface area contributed by atoms with Crippen LogP contribution < -0.4 is 14.5 Å². The van der Waals surface area contributed by atoms with Crippen LogP contribution in [-0.4, -0.2) is 100 Å². The van der Waals surface area contributed by atoms with Gasteiger partial charge in [0.1, 0.15) is 16.5 Å². The molecule has 0 bridgehead atoms. The van der Waals surface area contributed by atoms with Gasteiger partial charge in [-0.15, -0.1) is 0 Å². The number of nitrogens with zero attached hydrogens (tertiary/aromatic N) is 6. The molecule has 2 aromatic heterocycles. The van der Waals surface area contributed by atoms with Gasteiger partial charge in [-0.3, -0.25) is 19.5 Å². The van der Waals surface area contributed by atoms with Crippen LogP contribution in [0.5, 0.6) is 0 Å². The summed E-state index contributed by atoms with van der Waals surface area (Å²) in [6.45, 7) is 13.7. The van der Waals surface area contributed by atoms with Crippen molar-refractivity contribution in [1.29, 1.82) is 0 Å². The van der Waals surface area contributed by atoms with E-state index in [1.807, 2.05) is 6.07 Å². The van der Waals surface area contributed by atoms with Crippen LogP contribution in [0.15, 0.2) is 53.7 Å². The van der Waals surface area contributed by atoms with E-state index in [-0.39, 0.29) is 16.1 Å². The molecule has 3 aromatic rings. The highest BCUT2D eigenvalue weighted by molar-refractivity contribution is 7.92. The molecule has 0 amide bonds. The molecule has 232 valence electrons. The number of rotatable bonds is 8. The van der Waals surface area contributed by atoms with Crippen LogP contribution in [0.25, 0.3) is 11.3 Å². The average Bonchev–Trinajstić information content (AvgIpc) is 2.97. The van der Waals surface area contributed by atoms with Crippen LogP contribution in [0.2, 0.25) is 0 Å². The third kappa shape index (κ3) is 7.43. The Morgan fingerprint density at radius 2 is 1.70 bits per heavy atom. The zero-order valence-corrected chi connectivity index (χ0v) is 26.5. The maximum Gasteiger partial charge on any atom is 0.265 e. The van der Waals surface area contributed by atoms with Crippen molar-refractivity contribution in [3.05, 3.63) is 60.2 Å². The van der Waals surface area contributed by atoms with Crippen molar-refractivity contribution in [2.24, 2.45) is 0 Å². The van der Waals surface area contributed by atoms with Gasteiger partial charge < -0.3 is 14.5 Å². The molecule has 0 spiro atoms. The molecule has 4 heterocycles. The van der Waals surface area contributed by atoms with E-state index in [4.69, 9.17) is 4.74 Å². The van der Waals surface area contributed by atoms with Crippen molar-refractivity contribution in [2.75, 3.05) is 81.1 Å². The van der Waals surface area contributed by atoms with Crippen LogP contribution in [0, 0.1) is 5.82 Å². The normalized spacial score (nSPS) is 17.2. The van der Waals surface area contributed by atoms with E-state index in [1.165, 1.54) is 6.20 Å². The van der Waals surface area contributed by atoms with Crippen molar-refractivity contribution >= 4 is 27.2 Å². The number of anilines is 3. The molecule has 0 saturated carbocycles. The molecule has 0 atom stereocenters. The highest BCUT2D eigenvalue weighted by Gasteiger charge is 2.27. The smallest absolute Gasteiger partial charge is 0.265 e. The third-order valence-corrected chi connectivity index (χ3v) is 9.34. The largest absolute Gasteiger partial charge is 0.378 e. The fourth-order valence-corrected chi connectivity index (χ4v) is 6.81. The lowest BCUT2D eigenvalue weighted by molar-refractivity contribution is 0.0591. The molecule has 0 unspecified atom stereocenters. The number of hydrogen-bond acceptors (Lipinski definition) is 9. The molecule has 1 aromatic carbocycles. The van der Waals surface area contributed by atoms with E-state index in [9.17, 15) is 8.42 Å². The van der Waals surface area contributed by atoms with E-state index >= 15 is 4.39 Å². The molecule has 0 radical (unpaired) electrons. The monoisotopic (exact) mass is 611 g/mol. The number of ether oxygens (including phenoxy) is 1. The molecule has 2 aliphatic rings. The molecule has 10 nitrogen and oxygen atoms in total. The molecule has 5 rings (SSSR count). The summed E-state index contributed by atoms with van der Waals surface area (Å²) in [5.41, 5.74) is 2.69. The van der Waals surface area contributed by atoms with E-state index in [0.29, 0.717) is 55.6 Å². The van der Waals surface area contributed by atoms with Crippen molar-refractivity contribution in [3.63, 3.8) is 0 Å². The quantitative estimate of drug-likeness (QED) is 0.407. The van der Waals surface area contributed by atoms with Gasteiger partial charge in [0.05, 0.1) is 36.5 Å². The van der Waals surface area contributed by atoms with E-state index in [1.54, 1.807) is 55.5 Å². The first-order valence-corrected chi connectivity index (χ1v) is 16.1. The average molecular weight is 612 g/mol. The SMILES string of the molecule is CN(C)c1ncc(N2CCOCC2)cc1S(=O)(=O)Nc1ccnc(-c2ccc(CN3CCN(C(C)(C)C)CC3)cc2F)c1. The minimum atomic E-state index is -4.04. The van der Waals surface area contributed by atoms with Gasteiger partial charge in [0, 0.05) is 77.2 Å². The fraction of sp³-hybridized carbons (Fsp3) is 0.484. The van der Waals surface area contributed by atoms with Crippen molar-refractivity contribution in [1.82, 2.24) is 19.8 Å². The highest BCUT2D eigenvalue weighted by Crippen LogP contribution is 2.30. The van der Waals surface area contributed by atoms with Gasteiger partial charge in [0.25, 0.3) is 10.0 Å². The Kier molecular flexibility index (Phi) is 9.21. The summed E-state index contributed by atoms with van der Waals surface area (Å²) in [6.07, 6.45) is 3.16. The van der Waals surface area contributed by atoms with Gasteiger partial charge in [-0.2, -0.15) is 0 Å². The second kappa shape index (κ2) is 12.7. The number of piperazine rings is 1. The molecular formula is C31H42FN7O3S. The van der Waals surface area contributed by atoms with Crippen molar-refractivity contribution in [3.8, 4) is 11.3 Å². The Morgan fingerprint density at radius 3 is 2.35 bits per heavy atom. The summed E-state index contributed by atoms with van der Waals surface area (Å²) in [5, 5.41) is 0. The lowest BCUT2D eigenvalue weighted by Crippen LogP contribution is -2.53. The van der Waals surface area contributed by atoms with Gasteiger partial charge in [-0.05, 0) is 56.7 Å². The van der Waals surface area contributed by atoms with Gasteiger partial charge >= 0.3 is 0 Å². The van der Waals surface area contributed by atoms with E-state index in [0.717, 1.165) is 31.7 Å². The first kappa shape index (κ1) is 31.1. The van der Waals surface area contributed by atoms with Gasteiger partial charge in [0.2, 0.25) is 0 Å². The minimum absolute atomic E-state index is 0.0544. The molecule has 2 aliphatic heterocycles. The minimum Gasteiger partial charge on any atom is -0.378 e. The molecular weight excluding hydrogens is 569 g/mol. The predicted molar refractivity (Wildman–Crippen MR) is 169 cm³/mol. The number of hydrogen-bond donors (Lipinski definition) is 1. The Balaban J connectivity index is 1.32. The number of sulfonamides is 1. The lowest BCUT2D eigenvalue weighted by atomic mass is 10.0. The molecule has 2 fully saturated rings. The predicted octanol–water partition coefficient (Wildman–Crippen LogP) is 3.90. The standard InChI is InChI=1S/C31H42FN7O3S/c1-31(2,3)39-12-10-37(11-13-39)22-23-6-7-26(27(32)18-23)28-19-24(8-9-33-28)35-43(40,41)29-20-25(21-34-30(29)36(4)5)38-14-16-42-17-15-38/h6-9,18-21H,10-17,22H2,1-5H3,(H,33,35). The van der Waals surface area contributed by atoms with Crippen LogP contribution in [0.1, 0.15) is 26.3 Å². The Labute approximate surface area is 254 Å². The number of aromatic nitrogens is 2. The first-order valence-electron chi connectivity index (χ1n) is 14.7. The molecule has 1 N–H and O–H groups in total. The van der Waals surface area contributed by atoms with Gasteiger partial charge in [-0.25, -0.2) is 17.8 Å². The second-order valence-corrected chi connectivity index (χ2v) is 13.9. The van der Waals surface area contributed by atoms with Crippen molar-refractivity contribution < 1.29 is 17.5 Å². The van der Waals surface area contributed by atoms with Gasteiger partial charge in [-0.1, -0.05) is 6.07 Å². The molecule has 0 aliphatic carbocycles. The molecule has 2 saturated heterocycles. The second-order valence-electron chi connectivity index (χ2n) is 12.3. The van der Waals surface area contributed by atoms with Crippen LogP contribution in [0.4, 0.5) is 21.6 Å². The maximum atomic E-state index is 15.4. The summed E-state index contributed by atoms with van der Waals surface area (Å²) < 4.78 is 50.8. The Hall–Kier alpha value is -3.32. The first-order chi connectivity index (χ1) is 20.4. The summed E-state index contributed by atoms with van der Waals surface area (Å²) in [4.78, 5) is 17.4. The summed E-state index contributed by atoms with van der Waals surface area (Å²) in [5.74, 6) is -0.0733. The van der Waals surface area contributed by atoms with Crippen LogP contribution in [0.3, 0.4) is 0 Å². The number of morpholine rings is 1. The number of pyridine rings is 2. The van der Waals surface area contributed by atoms with Crippen LogP contribution in [-0.2, 0) is 21.3 Å². The number of benzene rings is 1. The lowest BCUT2D eigenvalue weighted by Gasteiger charge is -2.42. The van der Waals surface area contributed by atoms with Crippen LogP contribution >= 0.6 is 0 Å². The van der Waals surface area contributed by atoms with Gasteiger partial charge in [0.15, 0.2) is 0 Å². The number of halogens is 1. The molecule has 43 heavy (non-hydrogen) atoms. The summed E-state index contributed by atoms with van der Waals surface area (Å²) >= 11 is 0. The fourth-order valence-electron chi connectivity index (χ4n) is 5.51. The Morgan fingerprint density at radius 1 is 0.977 bits per heavy atom.